The van der Waals surface area contributed by atoms with Crippen molar-refractivity contribution < 1.29 is 23.4 Å². The van der Waals surface area contributed by atoms with Crippen molar-refractivity contribution in [1.29, 1.82) is 0 Å². The van der Waals surface area contributed by atoms with Gasteiger partial charge in [0.05, 0.1) is 19.4 Å². The van der Waals surface area contributed by atoms with Gasteiger partial charge in [0.25, 0.3) is 0 Å². The summed E-state index contributed by atoms with van der Waals surface area (Å²) >= 11 is 0. The lowest BCUT2D eigenvalue weighted by molar-refractivity contribution is -0.139. The Kier molecular flexibility index (Phi) is 5.28. The van der Waals surface area contributed by atoms with Crippen LogP contribution in [0.15, 0.2) is 18.5 Å². The van der Waals surface area contributed by atoms with Crippen LogP contribution in [0.1, 0.15) is 35.0 Å². The number of hydrogen-bond acceptors (Lipinski definition) is 8. The summed E-state index contributed by atoms with van der Waals surface area (Å²) in [4.78, 5) is 23.7. The highest BCUT2D eigenvalue weighted by atomic mass is 19.1. The maximum Gasteiger partial charge on any atom is 0.315 e. The Hall–Kier alpha value is -3.43. The smallest absolute Gasteiger partial charge is 0.315 e. The van der Waals surface area contributed by atoms with Gasteiger partial charge in [-0.1, -0.05) is 6.07 Å². The number of esters is 1. The molecule has 2 aromatic heterocycles. The van der Waals surface area contributed by atoms with E-state index < -0.39 is 12.6 Å². The van der Waals surface area contributed by atoms with Crippen LogP contribution in [0.3, 0.4) is 0 Å². The van der Waals surface area contributed by atoms with E-state index in [1.165, 1.54) is 6.33 Å². The molecule has 10 heteroatoms. The fourth-order valence-electron chi connectivity index (χ4n) is 4.53. The third kappa shape index (κ3) is 3.30. The number of ether oxygens (including phenoxy) is 3. The summed E-state index contributed by atoms with van der Waals surface area (Å²) < 4.78 is 31.0. The molecule has 0 radical (unpaired) electrons. The third-order valence-corrected chi connectivity index (χ3v) is 6.03. The van der Waals surface area contributed by atoms with Crippen molar-refractivity contribution in [2.45, 2.75) is 32.2 Å². The Labute approximate surface area is 184 Å². The fraction of sp³-hybridized carbons (Fsp3) is 0.455. The molecule has 0 aliphatic carbocycles. The van der Waals surface area contributed by atoms with Gasteiger partial charge in [0, 0.05) is 25.1 Å². The molecule has 1 saturated heterocycles. The van der Waals surface area contributed by atoms with Crippen LogP contribution in [0.2, 0.25) is 0 Å². The van der Waals surface area contributed by atoms with Crippen LogP contribution in [0, 0.1) is 6.92 Å². The van der Waals surface area contributed by atoms with Crippen LogP contribution in [-0.4, -0.2) is 59.1 Å². The number of cyclic esters (lactones) is 1. The molecule has 0 bridgehead atoms. The third-order valence-electron chi connectivity index (χ3n) is 6.03. The number of nitrogens with zero attached hydrogens (tertiary/aromatic N) is 5. The number of alkyl halides is 1. The molecule has 5 rings (SSSR count). The Bertz CT molecular complexity index is 1180. The lowest BCUT2D eigenvalue weighted by Gasteiger charge is -2.32. The molecule has 0 N–H and O–H groups in total. The maximum atomic E-state index is 12.8. The molecule has 4 heterocycles. The molecule has 0 saturated carbocycles. The Morgan fingerprint density at radius 3 is 2.97 bits per heavy atom. The molecule has 1 atom stereocenters. The van der Waals surface area contributed by atoms with E-state index in [-0.39, 0.29) is 12.6 Å². The predicted octanol–water partition coefficient (Wildman–Crippen LogP) is 2.38. The summed E-state index contributed by atoms with van der Waals surface area (Å²) in [6.07, 6.45) is 2.84. The summed E-state index contributed by atoms with van der Waals surface area (Å²) in [7, 11) is 1.57. The van der Waals surface area contributed by atoms with E-state index in [4.69, 9.17) is 14.2 Å². The molecular formula is C22H24FN5O4. The van der Waals surface area contributed by atoms with Gasteiger partial charge >= 0.3 is 5.97 Å². The Morgan fingerprint density at radius 1 is 1.34 bits per heavy atom. The summed E-state index contributed by atoms with van der Waals surface area (Å²) in [6, 6.07) is 3.88. The Balaban J connectivity index is 1.59. The number of methoxy groups -OCH3 is 1. The standard InChI is InChI=1S/C22H24FN5O4/c1-13-26-18(15-6-9-32-22(15)29)19-21(24-12-25-28(13)19)27-8-5-14-3-4-17(30-2)20(16(14)11-27)31-10-7-23/h3-4,12,15H,5-11H2,1-2H3/t15-/m0/s1. The van der Waals surface area contributed by atoms with E-state index in [1.54, 1.807) is 11.6 Å². The van der Waals surface area contributed by atoms with Crippen LogP contribution >= 0.6 is 0 Å². The predicted molar refractivity (Wildman–Crippen MR) is 113 cm³/mol. The lowest BCUT2D eigenvalue weighted by Crippen LogP contribution is -2.32. The van der Waals surface area contributed by atoms with Gasteiger partial charge < -0.3 is 19.1 Å². The number of imidazole rings is 1. The van der Waals surface area contributed by atoms with Crippen LogP contribution in [0.25, 0.3) is 5.52 Å². The van der Waals surface area contributed by atoms with Gasteiger partial charge in [-0.3, -0.25) is 4.79 Å². The molecule has 2 aliphatic heterocycles. The molecule has 9 nitrogen and oxygen atoms in total. The van der Waals surface area contributed by atoms with Crippen molar-refractivity contribution in [3.05, 3.63) is 41.1 Å². The number of halogens is 1. The average Bonchev–Trinajstić information content (AvgIpc) is 3.39. The van der Waals surface area contributed by atoms with Gasteiger partial charge in [-0.2, -0.15) is 5.10 Å². The molecule has 0 amide bonds. The highest BCUT2D eigenvalue weighted by molar-refractivity contribution is 5.85. The number of fused-ring (bicyclic) bond motifs is 2. The SMILES string of the molecule is COc1ccc2c(c1OCCF)CN(c1ncnn3c(C)nc([C@@H]4CCOC4=O)c13)CC2. The normalized spacial score (nSPS) is 18.0. The quantitative estimate of drug-likeness (QED) is 0.539. The number of aromatic nitrogens is 4. The maximum absolute atomic E-state index is 12.8. The first kappa shape index (κ1) is 20.5. The van der Waals surface area contributed by atoms with Gasteiger partial charge in [-0.15, -0.1) is 0 Å². The van der Waals surface area contributed by atoms with Crippen LogP contribution < -0.4 is 14.4 Å². The molecule has 3 aromatic rings. The van der Waals surface area contributed by atoms with Crippen LogP contribution in [0.5, 0.6) is 11.5 Å². The van der Waals surface area contributed by atoms with E-state index >= 15 is 0 Å². The van der Waals surface area contributed by atoms with Gasteiger partial charge in [-0.05, 0) is 25.0 Å². The van der Waals surface area contributed by atoms with Gasteiger partial charge in [-0.25, -0.2) is 18.9 Å². The summed E-state index contributed by atoms with van der Waals surface area (Å²) in [5, 5.41) is 4.36. The van der Waals surface area contributed by atoms with E-state index in [2.05, 4.69) is 20.0 Å². The van der Waals surface area contributed by atoms with E-state index in [0.29, 0.717) is 60.5 Å². The molecule has 168 valence electrons. The number of benzene rings is 1. The van der Waals surface area contributed by atoms with Crippen LogP contribution in [-0.2, 0) is 22.5 Å². The molecule has 0 spiro atoms. The van der Waals surface area contributed by atoms with Crippen molar-refractivity contribution in [2.24, 2.45) is 0 Å². The minimum absolute atomic E-state index is 0.0413. The van der Waals surface area contributed by atoms with Crippen molar-refractivity contribution in [3.8, 4) is 11.5 Å². The summed E-state index contributed by atoms with van der Waals surface area (Å²) in [5.41, 5.74) is 3.43. The zero-order valence-corrected chi connectivity index (χ0v) is 18.0. The second-order valence-electron chi connectivity index (χ2n) is 7.84. The molecule has 1 fully saturated rings. The second-order valence-corrected chi connectivity index (χ2v) is 7.84. The number of aryl methyl sites for hydroxylation is 1. The molecule has 32 heavy (non-hydrogen) atoms. The number of anilines is 1. The monoisotopic (exact) mass is 441 g/mol. The first-order valence-corrected chi connectivity index (χ1v) is 10.6. The van der Waals surface area contributed by atoms with E-state index in [9.17, 15) is 9.18 Å². The largest absolute Gasteiger partial charge is 0.493 e. The minimum Gasteiger partial charge on any atom is -0.493 e. The first-order chi connectivity index (χ1) is 15.6. The number of rotatable bonds is 6. The van der Waals surface area contributed by atoms with E-state index in [0.717, 1.165) is 17.5 Å². The molecule has 2 aliphatic rings. The number of carbonyl (C=O) groups is 1. The highest BCUT2D eigenvalue weighted by Crippen LogP contribution is 2.39. The molecule has 1 aromatic carbocycles. The second kappa shape index (κ2) is 8.25. The Morgan fingerprint density at radius 2 is 2.22 bits per heavy atom. The number of carbonyl (C=O) groups excluding carboxylic acids is 1. The fourth-order valence-corrected chi connectivity index (χ4v) is 4.53. The topological polar surface area (TPSA) is 91.1 Å². The highest BCUT2D eigenvalue weighted by Gasteiger charge is 2.35. The average molecular weight is 441 g/mol. The molecule has 0 unspecified atom stereocenters. The van der Waals surface area contributed by atoms with Gasteiger partial charge in [0.15, 0.2) is 17.3 Å². The van der Waals surface area contributed by atoms with Crippen LogP contribution in [0.4, 0.5) is 10.2 Å². The van der Waals surface area contributed by atoms with Crippen molar-refractivity contribution in [2.75, 3.05) is 38.4 Å². The lowest BCUT2D eigenvalue weighted by atomic mass is 9.97. The van der Waals surface area contributed by atoms with Crippen molar-refractivity contribution >= 4 is 17.3 Å². The van der Waals surface area contributed by atoms with Crippen molar-refractivity contribution in [3.63, 3.8) is 0 Å². The van der Waals surface area contributed by atoms with Gasteiger partial charge in [0.2, 0.25) is 0 Å². The first-order valence-electron chi connectivity index (χ1n) is 10.6. The zero-order chi connectivity index (χ0) is 22.2. The summed E-state index contributed by atoms with van der Waals surface area (Å²) in [5.74, 6) is 1.81. The minimum atomic E-state index is -0.584. The summed E-state index contributed by atoms with van der Waals surface area (Å²) in [6.45, 7) is 2.83. The van der Waals surface area contributed by atoms with E-state index in [1.807, 2.05) is 19.1 Å². The van der Waals surface area contributed by atoms with Crippen molar-refractivity contribution in [1.82, 2.24) is 19.6 Å². The van der Waals surface area contributed by atoms with Gasteiger partial charge in [0.1, 0.15) is 36.9 Å². The number of hydrogen-bond donors (Lipinski definition) is 0. The molecular weight excluding hydrogens is 417 g/mol. The zero-order valence-electron chi connectivity index (χ0n) is 18.0.